The van der Waals surface area contributed by atoms with Gasteiger partial charge in [-0.1, -0.05) is 32.1 Å². The highest BCUT2D eigenvalue weighted by Gasteiger charge is 2.22. The van der Waals surface area contributed by atoms with Crippen LogP contribution < -0.4 is 5.32 Å². The minimum atomic E-state index is -0.465. The summed E-state index contributed by atoms with van der Waals surface area (Å²) in [5, 5.41) is 2.90. The summed E-state index contributed by atoms with van der Waals surface area (Å²) in [7, 11) is 1.77. The molecule has 0 aromatic carbocycles. The third-order valence-electron chi connectivity index (χ3n) is 3.82. The maximum atomic E-state index is 12.0. The number of rotatable bonds is 3. The molecule has 1 aliphatic rings. The molecule has 1 aliphatic carbocycles. The van der Waals surface area contributed by atoms with Crippen molar-refractivity contribution < 1.29 is 9.59 Å². The van der Waals surface area contributed by atoms with Crippen molar-refractivity contribution in [1.29, 1.82) is 0 Å². The zero-order chi connectivity index (χ0) is 13.7. The second-order valence-corrected chi connectivity index (χ2v) is 5.35. The first-order valence-corrected chi connectivity index (χ1v) is 7.15. The quantitative estimate of drug-likeness (QED) is 0.672. The Kier molecular flexibility index (Phi) is 4.77. The van der Waals surface area contributed by atoms with E-state index < -0.39 is 11.7 Å². The van der Waals surface area contributed by atoms with Crippen molar-refractivity contribution in [2.75, 3.05) is 0 Å². The lowest BCUT2D eigenvalue weighted by molar-refractivity contribution is -0.117. The SMILES string of the molecule is Cn1cccc1C(=O)C(=O)NC1CCCCCCC1. The summed E-state index contributed by atoms with van der Waals surface area (Å²) in [6, 6.07) is 3.62. The number of aryl methyl sites for hydroxylation is 1. The van der Waals surface area contributed by atoms with Crippen LogP contribution in [0.3, 0.4) is 0 Å². The number of nitrogens with one attached hydrogen (secondary N) is 1. The Balaban J connectivity index is 1.92. The summed E-state index contributed by atoms with van der Waals surface area (Å²) in [5.41, 5.74) is 0.448. The van der Waals surface area contributed by atoms with Crippen molar-refractivity contribution in [2.45, 2.75) is 51.0 Å². The molecule has 0 bridgehead atoms. The average Bonchev–Trinajstić information content (AvgIpc) is 2.77. The predicted octanol–water partition coefficient (Wildman–Crippen LogP) is 2.44. The number of aromatic nitrogens is 1. The lowest BCUT2D eigenvalue weighted by Gasteiger charge is -2.20. The van der Waals surface area contributed by atoms with Crippen LogP contribution in [-0.2, 0) is 11.8 Å². The third kappa shape index (κ3) is 3.69. The van der Waals surface area contributed by atoms with Crippen molar-refractivity contribution in [3.8, 4) is 0 Å². The molecule has 1 aromatic rings. The van der Waals surface area contributed by atoms with Crippen LogP contribution in [0.2, 0.25) is 0 Å². The smallest absolute Gasteiger partial charge is 0.294 e. The molecule has 2 rings (SSSR count). The fraction of sp³-hybridized carbons (Fsp3) is 0.600. The Morgan fingerprint density at radius 1 is 1.16 bits per heavy atom. The average molecular weight is 262 g/mol. The Morgan fingerprint density at radius 3 is 2.37 bits per heavy atom. The number of Topliss-reactive ketones (excluding diaryl/α,β-unsaturated/α-hetero) is 1. The molecule has 19 heavy (non-hydrogen) atoms. The van der Waals surface area contributed by atoms with E-state index in [0.29, 0.717) is 5.69 Å². The molecule has 1 heterocycles. The summed E-state index contributed by atoms with van der Waals surface area (Å²) < 4.78 is 1.68. The summed E-state index contributed by atoms with van der Waals surface area (Å²) in [6.45, 7) is 0. The topological polar surface area (TPSA) is 51.1 Å². The predicted molar refractivity (Wildman–Crippen MR) is 74.0 cm³/mol. The van der Waals surface area contributed by atoms with Crippen LogP contribution >= 0.6 is 0 Å². The van der Waals surface area contributed by atoms with E-state index in [1.165, 1.54) is 19.3 Å². The van der Waals surface area contributed by atoms with Gasteiger partial charge in [0.05, 0.1) is 5.69 Å². The molecule has 1 fully saturated rings. The molecule has 4 heteroatoms. The van der Waals surface area contributed by atoms with Crippen LogP contribution in [0.25, 0.3) is 0 Å². The number of hydrogen-bond donors (Lipinski definition) is 1. The number of ketones is 1. The van der Waals surface area contributed by atoms with E-state index >= 15 is 0 Å². The van der Waals surface area contributed by atoms with Crippen LogP contribution in [0.4, 0.5) is 0 Å². The minimum absolute atomic E-state index is 0.164. The molecule has 1 amide bonds. The van der Waals surface area contributed by atoms with Crippen LogP contribution in [0.5, 0.6) is 0 Å². The van der Waals surface area contributed by atoms with Crippen molar-refractivity contribution >= 4 is 11.7 Å². The second kappa shape index (κ2) is 6.55. The first kappa shape index (κ1) is 13.8. The van der Waals surface area contributed by atoms with Gasteiger partial charge in [-0.25, -0.2) is 0 Å². The first-order chi connectivity index (χ1) is 9.18. The van der Waals surface area contributed by atoms with Gasteiger partial charge in [-0.3, -0.25) is 9.59 Å². The van der Waals surface area contributed by atoms with E-state index in [9.17, 15) is 9.59 Å². The molecule has 0 radical (unpaired) electrons. The molecule has 4 nitrogen and oxygen atoms in total. The van der Waals surface area contributed by atoms with Crippen molar-refractivity contribution in [3.63, 3.8) is 0 Å². The lowest BCUT2D eigenvalue weighted by Crippen LogP contribution is -2.40. The van der Waals surface area contributed by atoms with Gasteiger partial charge in [-0.2, -0.15) is 0 Å². The summed E-state index contributed by atoms with van der Waals surface area (Å²) in [5.74, 6) is -0.901. The van der Waals surface area contributed by atoms with Gasteiger partial charge in [0.25, 0.3) is 11.7 Å². The Labute approximate surface area is 114 Å². The van der Waals surface area contributed by atoms with Gasteiger partial charge >= 0.3 is 0 Å². The minimum Gasteiger partial charge on any atom is -0.348 e. The number of hydrogen-bond acceptors (Lipinski definition) is 2. The van der Waals surface area contributed by atoms with Gasteiger partial charge in [-0.15, -0.1) is 0 Å². The van der Waals surface area contributed by atoms with Crippen molar-refractivity contribution in [2.24, 2.45) is 7.05 Å². The molecule has 0 atom stereocenters. The van der Waals surface area contributed by atoms with Crippen LogP contribution in [0, 0.1) is 0 Å². The summed E-state index contributed by atoms with van der Waals surface area (Å²) >= 11 is 0. The third-order valence-corrected chi connectivity index (χ3v) is 3.82. The zero-order valence-corrected chi connectivity index (χ0v) is 11.5. The highest BCUT2D eigenvalue weighted by Crippen LogP contribution is 2.17. The van der Waals surface area contributed by atoms with Crippen molar-refractivity contribution in [1.82, 2.24) is 9.88 Å². The second-order valence-electron chi connectivity index (χ2n) is 5.35. The van der Waals surface area contributed by atoms with E-state index in [1.54, 1.807) is 29.9 Å². The molecular formula is C15H22N2O2. The van der Waals surface area contributed by atoms with Crippen LogP contribution in [0.15, 0.2) is 18.3 Å². The van der Waals surface area contributed by atoms with Gasteiger partial charge < -0.3 is 9.88 Å². The summed E-state index contributed by atoms with van der Waals surface area (Å²) in [4.78, 5) is 24.0. The molecule has 0 unspecified atom stereocenters. The van der Waals surface area contributed by atoms with Crippen LogP contribution in [-0.4, -0.2) is 22.3 Å². The van der Waals surface area contributed by atoms with Gasteiger partial charge in [-0.05, 0) is 25.0 Å². The van der Waals surface area contributed by atoms with Crippen LogP contribution in [0.1, 0.15) is 55.4 Å². The molecule has 0 aliphatic heterocycles. The van der Waals surface area contributed by atoms with Gasteiger partial charge in [0.1, 0.15) is 0 Å². The number of amides is 1. The molecule has 1 aromatic heterocycles. The Morgan fingerprint density at radius 2 is 1.79 bits per heavy atom. The molecular weight excluding hydrogens is 240 g/mol. The number of nitrogens with zero attached hydrogens (tertiary/aromatic N) is 1. The normalized spacial score (nSPS) is 17.5. The maximum Gasteiger partial charge on any atom is 0.294 e. The highest BCUT2D eigenvalue weighted by molar-refractivity contribution is 6.42. The highest BCUT2D eigenvalue weighted by atomic mass is 16.2. The van der Waals surface area contributed by atoms with E-state index in [1.807, 2.05) is 0 Å². The number of carbonyl (C=O) groups is 2. The molecule has 0 saturated heterocycles. The molecule has 1 N–H and O–H groups in total. The first-order valence-electron chi connectivity index (χ1n) is 7.15. The van der Waals surface area contributed by atoms with Crippen molar-refractivity contribution in [3.05, 3.63) is 24.0 Å². The van der Waals surface area contributed by atoms with E-state index in [2.05, 4.69) is 5.32 Å². The van der Waals surface area contributed by atoms with Gasteiger partial charge in [0.2, 0.25) is 0 Å². The standard InChI is InChI=1S/C15H22N2O2/c1-17-11-7-10-13(17)14(18)15(19)16-12-8-5-3-2-4-6-9-12/h7,10-12H,2-6,8-9H2,1H3,(H,16,19). The molecule has 1 saturated carbocycles. The maximum absolute atomic E-state index is 12.0. The van der Waals surface area contributed by atoms with E-state index in [-0.39, 0.29) is 6.04 Å². The lowest BCUT2D eigenvalue weighted by atomic mass is 9.96. The van der Waals surface area contributed by atoms with Gasteiger partial charge in [0.15, 0.2) is 0 Å². The Hall–Kier alpha value is -1.58. The fourth-order valence-electron chi connectivity index (χ4n) is 2.66. The number of carbonyl (C=O) groups excluding carboxylic acids is 2. The molecule has 0 spiro atoms. The fourth-order valence-corrected chi connectivity index (χ4v) is 2.66. The van der Waals surface area contributed by atoms with E-state index in [0.717, 1.165) is 25.7 Å². The van der Waals surface area contributed by atoms with Gasteiger partial charge in [0, 0.05) is 19.3 Å². The molecule has 104 valence electrons. The summed E-state index contributed by atoms with van der Waals surface area (Å²) in [6.07, 6.45) is 9.81. The Bertz CT molecular complexity index is 443. The largest absolute Gasteiger partial charge is 0.348 e. The monoisotopic (exact) mass is 262 g/mol. The van der Waals surface area contributed by atoms with E-state index in [4.69, 9.17) is 0 Å². The zero-order valence-electron chi connectivity index (χ0n) is 11.5.